The molecule has 0 atom stereocenters. The molecule has 0 fully saturated rings. The van der Waals surface area contributed by atoms with Crippen LogP contribution in [0.3, 0.4) is 0 Å². The zero-order valence-corrected chi connectivity index (χ0v) is 15.1. The van der Waals surface area contributed by atoms with Crippen LogP contribution in [0.15, 0.2) is 36.5 Å². The van der Waals surface area contributed by atoms with Gasteiger partial charge in [0.05, 0.1) is 18.0 Å². The van der Waals surface area contributed by atoms with Crippen LogP contribution >= 0.6 is 23.4 Å². The van der Waals surface area contributed by atoms with Crippen molar-refractivity contribution in [3.8, 4) is 0 Å². The van der Waals surface area contributed by atoms with Crippen molar-refractivity contribution in [2.75, 3.05) is 17.7 Å². The Bertz CT molecular complexity index is 713. The summed E-state index contributed by atoms with van der Waals surface area (Å²) in [6, 6.07) is 9.16. The molecule has 1 amide bonds. The molecular weight excluding hydrogens is 348 g/mol. The first-order valence-electron chi connectivity index (χ1n) is 7.45. The van der Waals surface area contributed by atoms with Gasteiger partial charge in [-0.05, 0) is 30.7 Å². The molecule has 0 aliphatic heterocycles. The SMILES string of the molecule is CCOC(=O)c1cc(NC(=O)CSCc2ccc(Cl)cc2)cn1C. The van der Waals surface area contributed by atoms with Gasteiger partial charge in [0.25, 0.3) is 0 Å². The van der Waals surface area contributed by atoms with Crippen molar-refractivity contribution in [3.05, 3.63) is 52.8 Å². The van der Waals surface area contributed by atoms with Gasteiger partial charge in [0.1, 0.15) is 5.69 Å². The van der Waals surface area contributed by atoms with Crippen LogP contribution in [0.25, 0.3) is 0 Å². The standard InChI is InChI=1S/C17H19ClN2O3S/c1-3-23-17(22)15-8-14(9-20(15)2)19-16(21)11-24-10-12-4-6-13(18)7-5-12/h4-9H,3,10-11H2,1-2H3,(H,19,21). The molecule has 0 saturated carbocycles. The number of aromatic nitrogens is 1. The first-order chi connectivity index (χ1) is 11.5. The molecule has 128 valence electrons. The van der Waals surface area contributed by atoms with E-state index in [0.29, 0.717) is 28.8 Å². The maximum absolute atomic E-state index is 12.0. The number of benzene rings is 1. The molecule has 1 aromatic carbocycles. The number of halogens is 1. The Labute approximate surface area is 150 Å². The lowest BCUT2D eigenvalue weighted by atomic mass is 10.2. The van der Waals surface area contributed by atoms with Crippen LogP contribution in [0.2, 0.25) is 5.02 Å². The highest BCUT2D eigenvalue weighted by molar-refractivity contribution is 7.99. The lowest BCUT2D eigenvalue weighted by Crippen LogP contribution is -2.13. The Morgan fingerprint density at radius 1 is 1.29 bits per heavy atom. The van der Waals surface area contributed by atoms with E-state index in [2.05, 4.69) is 5.32 Å². The molecule has 1 aromatic heterocycles. The quantitative estimate of drug-likeness (QED) is 0.758. The molecule has 24 heavy (non-hydrogen) atoms. The number of esters is 1. The summed E-state index contributed by atoms with van der Waals surface area (Å²) in [5.41, 5.74) is 2.10. The van der Waals surface area contributed by atoms with Crippen LogP contribution in [0.1, 0.15) is 23.0 Å². The number of carbonyl (C=O) groups excluding carboxylic acids is 2. The molecule has 0 aliphatic rings. The van der Waals surface area contributed by atoms with Crippen LogP contribution in [-0.2, 0) is 22.3 Å². The number of hydrogen-bond acceptors (Lipinski definition) is 4. The second kappa shape index (κ2) is 8.80. The fourth-order valence-corrected chi connectivity index (χ4v) is 2.99. The second-order valence-corrected chi connectivity index (χ2v) is 6.53. The largest absolute Gasteiger partial charge is 0.461 e. The van der Waals surface area contributed by atoms with E-state index in [0.717, 1.165) is 11.3 Å². The molecule has 2 aromatic rings. The zero-order valence-electron chi connectivity index (χ0n) is 13.5. The van der Waals surface area contributed by atoms with Crippen LogP contribution in [-0.4, -0.2) is 28.8 Å². The molecule has 2 rings (SSSR count). The molecule has 0 spiro atoms. The number of aryl methyl sites for hydroxylation is 1. The number of nitrogens with zero attached hydrogens (tertiary/aromatic N) is 1. The first-order valence-corrected chi connectivity index (χ1v) is 8.98. The van der Waals surface area contributed by atoms with Gasteiger partial charge < -0.3 is 14.6 Å². The molecule has 0 unspecified atom stereocenters. The third-order valence-corrected chi connectivity index (χ3v) is 4.44. The zero-order chi connectivity index (χ0) is 17.5. The fourth-order valence-electron chi connectivity index (χ4n) is 2.08. The Kier molecular flexibility index (Phi) is 6.75. The van der Waals surface area contributed by atoms with Crippen molar-refractivity contribution in [2.45, 2.75) is 12.7 Å². The molecule has 0 bridgehead atoms. The maximum atomic E-state index is 12.0. The topological polar surface area (TPSA) is 60.3 Å². The number of thioether (sulfide) groups is 1. The van der Waals surface area contributed by atoms with Crippen molar-refractivity contribution in [2.24, 2.45) is 7.05 Å². The highest BCUT2D eigenvalue weighted by Crippen LogP contribution is 2.17. The summed E-state index contributed by atoms with van der Waals surface area (Å²) in [7, 11) is 1.73. The summed E-state index contributed by atoms with van der Waals surface area (Å²) in [4.78, 5) is 23.7. The predicted molar refractivity (Wildman–Crippen MR) is 97.6 cm³/mol. The van der Waals surface area contributed by atoms with E-state index in [4.69, 9.17) is 16.3 Å². The molecule has 0 radical (unpaired) electrons. The number of rotatable bonds is 7. The van der Waals surface area contributed by atoms with Crippen molar-refractivity contribution < 1.29 is 14.3 Å². The van der Waals surface area contributed by atoms with Gasteiger partial charge in [-0.2, -0.15) is 0 Å². The van der Waals surface area contributed by atoms with Gasteiger partial charge >= 0.3 is 5.97 Å². The average Bonchev–Trinajstić information content (AvgIpc) is 2.90. The highest BCUT2D eigenvalue weighted by atomic mass is 35.5. The van der Waals surface area contributed by atoms with Crippen LogP contribution in [0.5, 0.6) is 0 Å². The van der Waals surface area contributed by atoms with Gasteiger partial charge in [-0.1, -0.05) is 23.7 Å². The first kappa shape index (κ1) is 18.4. The van der Waals surface area contributed by atoms with Crippen molar-refractivity contribution in [1.29, 1.82) is 0 Å². The lowest BCUT2D eigenvalue weighted by Gasteiger charge is -2.03. The molecule has 1 N–H and O–H groups in total. The Hall–Kier alpha value is -1.92. The van der Waals surface area contributed by atoms with E-state index in [1.807, 2.05) is 24.3 Å². The Balaban J connectivity index is 1.83. The van der Waals surface area contributed by atoms with E-state index in [9.17, 15) is 9.59 Å². The lowest BCUT2D eigenvalue weighted by molar-refractivity contribution is -0.113. The number of hydrogen-bond donors (Lipinski definition) is 1. The minimum Gasteiger partial charge on any atom is -0.461 e. The second-order valence-electron chi connectivity index (χ2n) is 5.11. The van der Waals surface area contributed by atoms with Crippen LogP contribution in [0.4, 0.5) is 5.69 Å². The Morgan fingerprint density at radius 2 is 2.00 bits per heavy atom. The number of carbonyl (C=O) groups is 2. The van der Waals surface area contributed by atoms with Gasteiger partial charge in [-0.3, -0.25) is 4.79 Å². The summed E-state index contributed by atoms with van der Waals surface area (Å²) >= 11 is 7.35. The summed E-state index contributed by atoms with van der Waals surface area (Å²) in [5.74, 6) is 0.535. The highest BCUT2D eigenvalue weighted by Gasteiger charge is 2.14. The van der Waals surface area contributed by atoms with Gasteiger partial charge in [0, 0.05) is 24.0 Å². The third-order valence-electron chi connectivity index (χ3n) is 3.19. The number of amides is 1. The summed E-state index contributed by atoms with van der Waals surface area (Å²) in [6.07, 6.45) is 1.69. The smallest absolute Gasteiger partial charge is 0.355 e. The summed E-state index contributed by atoms with van der Waals surface area (Å²) in [6.45, 7) is 2.06. The number of anilines is 1. The van der Waals surface area contributed by atoms with Crippen LogP contribution in [0, 0.1) is 0 Å². The van der Waals surface area contributed by atoms with Gasteiger partial charge in [-0.15, -0.1) is 11.8 Å². The van der Waals surface area contributed by atoms with Gasteiger partial charge in [0.2, 0.25) is 5.91 Å². The average molecular weight is 367 g/mol. The molecule has 0 saturated heterocycles. The fraction of sp³-hybridized carbons (Fsp3) is 0.294. The van der Waals surface area contributed by atoms with E-state index >= 15 is 0 Å². The number of nitrogens with one attached hydrogen (secondary N) is 1. The minimum absolute atomic E-state index is 0.116. The van der Waals surface area contributed by atoms with Gasteiger partial charge in [-0.25, -0.2) is 4.79 Å². The summed E-state index contributed by atoms with van der Waals surface area (Å²) < 4.78 is 6.60. The molecule has 7 heteroatoms. The van der Waals surface area contributed by atoms with Crippen LogP contribution < -0.4 is 5.32 Å². The van der Waals surface area contributed by atoms with Gasteiger partial charge in [0.15, 0.2) is 0 Å². The molecule has 0 aliphatic carbocycles. The van der Waals surface area contributed by atoms with E-state index in [-0.39, 0.29) is 5.91 Å². The molecular formula is C17H19ClN2O3S. The molecule has 5 nitrogen and oxygen atoms in total. The summed E-state index contributed by atoms with van der Waals surface area (Å²) in [5, 5.41) is 3.48. The van der Waals surface area contributed by atoms with E-state index in [1.165, 1.54) is 11.8 Å². The van der Waals surface area contributed by atoms with Crippen molar-refractivity contribution in [3.63, 3.8) is 0 Å². The maximum Gasteiger partial charge on any atom is 0.355 e. The van der Waals surface area contributed by atoms with Crippen molar-refractivity contribution in [1.82, 2.24) is 4.57 Å². The minimum atomic E-state index is -0.405. The number of ether oxygens (including phenoxy) is 1. The Morgan fingerprint density at radius 3 is 2.67 bits per heavy atom. The van der Waals surface area contributed by atoms with E-state index in [1.54, 1.807) is 30.8 Å². The molecule has 1 heterocycles. The monoisotopic (exact) mass is 366 g/mol. The van der Waals surface area contributed by atoms with Crippen molar-refractivity contribution >= 4 is 40.9 Å². The van der Waals surface area contributed by atoms with E-state index < -0.39 is 5.97 Å². The normalized spacial score (nSPS) is 10.5. The third kappa shape index (κ3) is 5.32. The predicted octanol–water partition coefficient (Wildman–Crippen LogP) is 3.73.